The number of carbonyl (C=O) groups is 1. The summed E-state index contributed by atoms with van der Waals surface area (Å²) in [5.74, 6) is 0. The van der Waals surface area contributed by atoms with Gasteiger partial charge in [-0.2, -0.15) is 0 Å². The number of pyridine rings is 1. The molecule has 2 rings (SSSR count). The molecule has 1 amide bonds. The molecule has 19 heavy (non-hydrogen) atoms. The number of nitrogens with zero attached hydrogens (tertiary/aromatic N) is 1. The first-order valence-electron chi connectivity index (χ1n) is 6.15. The zero-order chi connectivity index (χ0) is 14.2. The Hall–Kier alpha value is -1.30. The third-order valence-corrected chi connectivity index (χ3v) is 3.40. The van der Waals surface area contributed by atoms with Crippen molar-refractivity contribution in [2.24, 2.45) is 0 Å². The molecule has 2 heterocycles. The van der Waals surface area contributed by atoms with Crippen LogP contribution < -0.4 is 5.56 Å². The van der Waals surface area contributed by atoms with E-state index in [1.807, 2.05) is 20.8 Å². The second kappa shape index (κ2) is 5.00. The Balaban J connectivity index is 2.16. The number of hydrogen-bond donors (Lipinski definition) is 1. The minimum Gasteiger partial charge on any atom is -0.444 e. The molecule has 5 nitrogen and oxygen atoms in total. The van der Waals surface area contributed by atoms with Gasteiger partial charge in [0.05, 0.1) is 11.0 Å². The molecule has 0 bridgehead atoms. The van der Waals surface area contributed by atoms with Crippen LogP contribution in [0.5, 0.6) is 0 Å². The lowest BCUT2D eigenvalue weighted by Crippen LogP contribution is -2.40. The summed E-state index contributed by atoms with van der Waals surface area (Å²) in [6.07, 6.45) is 0.317. The van der Waals surface area contributed by atoms with Gasteiger partial charge in [0.2, 0.25) is 0 Å². The van der Waals surface area contributed by atoms with E-state index in [0.29, 0.717) is 24.0 Å². The van der Waals surface area contributed by atoms with Gasteiger partial charge in [0.15, 0.2) is 0 Å². The van der Waals surface area contributed by atoms with E-state index in [1.165, 1.54) is 0 Å². The van der Waals surface area contributed by atoms with Gasteiger partial charge in [0.25, 0.3) is 5.56 Å². The molecule has 1 aromatic heterocycles. The van der Waals surface area contributed by atoms with Crippen molar-refractivity contribution >= 4 is 22.0 Å². The highest BCUT2D eigenvalue weighted by Gasteiger charge is 2.26. The third-order valence-electron chi connectivity index (χ3n) is 2.81. The summed E-state index contributed by atoms with van der Waals surface area (Å²) in [5, 5.41) is 0. The first-order valence-corrected chi connectivity index (χ1v) is 6.94. The number of ether oxygens (including phenoxy) is 1. The summed E-state index contributed by atoms with van der Waals surface area (Å²) < 4.78 is 5.83. The highest BCUT2D eigenvalue weighted by molar-refractivity contribution is 9.10. The van der Waals surface area contributed by atoms with E-state index in [1.54, 1.807) is 11.0 Å². The maximum absolute atomic E-state index is 12.0. The quantitative estimate of drug-likeness (QED) is 0.795. The van der Waals surface area contributed by atoms with Crippen LogP contribution in [0.1, 0.15) is 32.0 Å². The van der Waals surface area contributed by atoms with Crippen molar-refractivity contribution in [1.29, 1.82) is 0 Å². The van der Waals surface area contributed by atoms with Crippen molar-refractivity contribution < 1.29 is 9.53 Å². The molecule has 0 aliphatic carbocycles. The molecular formula is C13H17BrN2O3. The predicted molar refractivity (Wildman–Crippen MR) is 75.1 cm³/mol. The van der Waals surface area contributed by atoms with Crippen molar-refractivity contribution in [3.63, 3.8) is 0 Å². The number of aromatic amines is 1. The van der Waals surface area contributed by atoms with E-state index in [0.717, 1.165) is 11.3 Å². The molecule has 1 aliphatic rings. The zero-order valence-electron chi connectivity index (χ0n) is 11.2. The summed E-state index contributed by atoms with van der Waals surface area (Å²) in [6, 6.07) is 1.77. The van der Waals surface area contributed by atoms with Crippen LogP contribution in [0.4, 0.5) is 4.79 Å². The van der Waals surface area contributed by atoms with Gasteiger partial charge < -0.3 is 14.6 Å². The van der Waals surface area contributed by atoms with E-state index in [-0.39, 0.29) is 11.7 Å². The van der Waals surface area contributed by atoms with E-state index in [9.17, 15) is 9.59 Å². The summed E-state index contributed by atoms with van der Waals surface area (Å²) >= 11 is 3.20. The van der Waals surface area contributed by atoms with Crippen molar-refractivity contribution in [1.82, 2.24) is 9.88 Å². The van der Waals surface area contributed by atoms with Gasteiger partial charge in [-0.3, -0.25) is 4.79 Å². The monoisotopic (exact) mass is 328 g/mol. The molecule has 1 aliphatic heterocycles. The van der Waals surface area contributed by atoms with Gasteiger partial charge in [0, 0.05) is 18.7 Å². The van der Waals surface area contributed by atoms with Crippen molar-refractivity contribution in [2.45, 2.75) is 39.3 Å². The van der Waals surface area contributed by atoms with Gasteiger partial charge in [-0.25, -0.2) is 4.79 Å². The molecule has 0 saturated heterocycles. The van der Waals surface area contributed by atoms with Gasteiger partial charge in [-0.1, -0.05) is 0 Å². The zero-order valence-corrected chi connectivity index (χ0v) is 12.8. The SMILES string of the molecule is CC(C)(C)OC(=O)N1CCc2[nH]c(=O)c(Br)cc2C1. The molecule has 0 unspecified atom stereocenters. The summed E-state index contributed by atoms with van der Waals surface area (Å²) in [7, 11) is 0. The van der Waals surface area contributed by atoms with Crippen LogP contribution in [-0.4, -0.2) is 28.1 Å². The molecule has 1 N–H and O–H groups in total. The molecule has 0 saturated carbocycles. The van der Waals surface area contributed by atoms with Crippen LogP contribution in [-0.2, 0) is 17.7 Å². The summed E-state index contributed by atoms with van der Waals surface area (Å²) in [6.45, 7) is 6.55. The topological polar surface area (TPSA) is 62.4 Å². The van der Waals surface area contributed by atoms with Crippen LogP contribution in [0.25, 0.3) is 0 Å². The third kappa shape index (κ3) is 3.37. The average molecular weight is 329 g/mol. The molecule has 0 radical (unpaired) electrons. The molecule has 104 valence electrons. The fourth-order valence-electron chi connectivity index (χ4n) is 1.96. The first-order chi connectivity index (χ1) is 8.76. The van der Waals surface area contributed by atoms with Crippen LogP contribution in [0.15, 0.2) is 15.3 Å². The Kier molecular flexibility index (Phi) is 3.71. The minimum atomic E-state index is -0.497. The Labute approximate surface area is 120 Å². The van der Waals surface area contributed by atoms with E-state index in [4.69, 9.17) is 4.74 Å². The highest BCUT2D eigenvalue weighted by atomic mass is 79.9. The molecule has 1 aromatic rings. The number of nitrogens with one attached hydrogen (secondary N) is 1. The Morgan fingerprint density at radius 3 is 2.79 bits per heavy atom. The lowest BCUT2D eigenvalue weighted by molar-refractivity contribution is 0.0222. The Bertz CT molecular complexity index is 560. The number of rotatable bonds is 0. The smallest absolute Gasteiger partial charge is 0.410 e. The van der Waals surface area contributed by atoms with Crippen molar-refractivity contribution in [2.75, 3.05) is 6.54 Å². The number of hydrogen-bond acceptors (Lipinski definition) is 3. The predicted octanol–water partition coefficient (Wildman–Crippen LogP) is 2.43. The lowest BCUT2D eigenvalue weighted by Gasteiger charge is -2.31. The molecular weight excluding hydrogens is 312 g/mol. The second-order valence-electron chi connectivity index (χ2n) is 5.60. The largest absolute Gasteiger partial charge is 0.444 e. The normalized spacial score (nSPS) is 15.1. The fraction of sp³-hybridized carbons (Fsp3) is 0.538. The van der Waals surface area contributed by atoms with E-state index < -0.39 is 5.60 Å². The van der Waals surface area contributed by atoms with E-state index in [2.05, 4.69) is 20.9 Å². The summed E-state index contributed by atoms with van der Waals surface area (Å²) in [4.78, 5) is 28.0. The van der Waals surface area contributed by atoms with Crippen LogP contribution in [0.3, 0.4) is 0 Å². The molecule has 0 atom stereocenters. The Morgan fingerprint density at radius 1 is 1.47 bits per heavy atom. The first kappa shape index (κ1) is 14.1. The standard InChI is InChI=1S/C13H17BrN2O3/c1-13(2,3)19-12(18)16-5-4-10-8(7-16)6-9(14)11(17)15-10/h6H,4-5,7H2,1-3H3,(H,15,17). The highest BCUT2D eigenvalue weighted by Crippen LogP contribution is 2.20. The molecule has 0 fully saturated rings. The number of halogens is 1. The average Bonchev–Trinajstić information content (AvgIpc) is 2.27. The molecule has 6 heteroatoms. The van der Waals surface area contributed by atoms with Crippen LogP contribution >= 0.6 is 15.9 Å². The molecule has 0 aromatic carbocycles. The second-order valence-corrected chi connectivity index (χ2v) is 6.46. The van der Waals surface area contributed by atoms with Crippen LogP contribution in [0, 0.1) is 0 Å². The van der Waals surface area contributed by atoms with Crippen LogP contribution in [0.2, 0.25) is 0 Å². The minimum absolute atomic E-state index is 0.135. The Morgan fingerprint density at radius 2 is 2.16 bits per heavy atom. The number of carbonyl (C=O) groups excluding carboxylic acids is 1. The van der Waals surface area contributed by atoms with E-state index >= 15 is 0 Å². The number of amides is 1. The van der Waals surface area contributed by atoms with Crippen molar-refractivity contribution in [3.8, 4) is 0 Å². The number of fused-ring (bicyclic) bond motifs is 1. The van der Waals surface area contributed by atoms with Gasteiger partial charge >= 0.3 is 6.09 Å². The van der Waals surface area contributed by atoms with Gasteiger partial charge in [-0.05, 0) is 48.3 Å². The van der Waals surface area contributed by atoms with Gasteiger partial charge in [-0.15, -0.1) is 0 Å². The number of aromatic nitrogens is 1. The van der Waals surface area contributed by atoms with Gasteiger partial charge in [0.1, 0.15) is 5.60 Å². The summed E-state index contributed by atoms with van der Waals surface area (Å²) in [5.41, 5.74) is 1.21. The maximum atomic E-state index is 12.0. The fourth-order valence-corrected chi connectivity index (χ4v) is 2.34. The van der Waals surface area contributed by atoms with Crippen molar-refractivity contribution in [3.05, 3.63) is 32.2 Å². The number of H-pyrrole nitrogens is 1. The lowest BCUT2D eigenvalue weighted by atomic mass is 10.1. The maximum Gasteiger partial charge on any atom is 0.410 e. The molecule has 0 spiro atoms.